The summed E-state index contributed by atoms with van der Waals surface area (Å²) in [7, 11) is 1.89. The zero-order chi connectivity index (χ0) is 13.0. The zero-order valence-corrected chi connectivity index (χ0v) is 10.8. The Bertz CT molecular complexity index is 542. The van der Waals surface area contributed by atoms with E-state index >= 15 is 0 Å². The summed E-state index contributed by atoms with van der Waals surface area (Å²) in [6.07, 6.45) is 3.50. The van der Waals surface area contributed by atoms with Gasteiger partial charge in [0.15, 0.2) is 5.75 Å². The fourth-order valence-corrected chi connectivity index (χ4v) is 1.56. The van der Waals surface area contributed by atoms with E-state index in [-0.39, 0.29) is 0 Å². The topological polar surface area (TPSA) is 59.9 Å². The predicted molar refractivity (Wildman–Crippen MR) is 68.6 cm³/mol. The third kappa shape index (κ3) is 2.81. The number of aromatic nitrogens is 3. The minimum atomic E-state index is 0.350. The molecular weight excluding hydrogens is 228 g/mol. The maximum absolute atomic E-state index is 5.62. The quantitative estimate of drug-likeness (QED) is 0.891. The molecule has 0 saturated heterocycles. The molecule has 94 valence electrons. The first-order chi connectivity index (χ1) is 8.70. The molecule has 0 saturated carbocycles. The lowest BCUT2D eigenvalue weighted by Gasteiger charge is -2.08. The van der Waals surface area contributed by atoms with E-state index in [1.165, 1.54) is 0 Å². The van der Waals surface area contributed by atoms with E-state index in [9.17, 15) is 0 Å². The van der Waals surface area contributed by atoms with Crippen molar-refractivity contribution in [1.82, 2.24) is 20.3 Å². The van der Waals surface area contributed by atoms with Crippen LogP contribution in [0.2, 0.25) is 0 Å². The Balaban J connectivity index is 2.20. The molecular formula is C13H16N4O. The van der Waals surface area contributed by atoms with Crippen LogP contribution < -0.4 is 10.1 Å². The molecule has 0 amide bonds. The van der Waals surface area contributed by atoms with Crippen LogP contribution in [-0.2, 0) is 6.54 Å². The van der Waals surface area contributed by atoms with Crippen molar-refractivity contribution in [2.45, 2.75) is 20.4 Å². The van der Waals surface area contributed by atoms with Crippen molar-refractivity contribution in [3.8, 4) is 11.8 Å². The lowest BCUT2D eigenvalue weighted by molar-refractivity contribution is 0.433. The van der Waals surface area contributed by atoms with Crippen molar-refractivity contribution in [2.24, 2.45) is 0 Å². The number of pyridine rings is 1. The first kappa shape index (κ1) is 12.4. The molecule has 18 heavy (non-hydrogen) atoms. The number of hydrogen-bond donors (Lipinski definition) is 1. The highest BCUT2D eigenvalue weighted by Crippen LogP contribution is 2.20. The highest BCUT2D eigenvalue weighted by molar-refractivity contribution is 5.28. The van der Waals surface area contributed by atoms with Crippen molar-refractivity contribution >= 4 is 0 Å². The van der Waals surface area contributed by atoms with Gasteiger partial charge in [0.25, 0.3) is 0 Å². The van der Waals surface area contributed by atoms with Crippen LogP contribution in [0.15, 0.2) is 24.5 Å². The van der Waals surface area contributed by atoms with Gasteiger partial charge >= 0.3 is 6.01 Å². The van der Waals surface area contributed by atoms with Gasteiger partial charge in [0.1, 0.15) is 0 Å². The summed E-state index contributed by atoms with van der Waals surface area (Å²) < 4.78 is 5.62. The second-order valence-electron chi connectivity index (χ2n) is 3.98. The average Bonchev–Trinajstić information content (AvgIpc) is 2.36. The molecule has 0 fully saturated rings. The number of rotatable bonds is 4. The molecule has 2 rings (SSSR count). The average molecular weight is 244 g/mol. The summed E-state index contributed by atoms with van der Waals surface area (Å²) in [6, 6.07) is 4.02. The van der Waals surface area contributed by atoms with E-state index in [0.29, 0.717) is 11.8 Å². The lowest BCUT2D eigenvalue weighted by atomic mass is 10.2. The van der Waals surface area contributed by atoms with Crippen molar-refractivity contribution in [1.29, 1.82) is 0 Å². The first-order valence-corrected chi connectivity index (χ1v) is 5.77. The molecule has 0 spiro atoms. The van der Waals surface area contributed by atoms with E-state index in [1.54, 1.807) is 12.4 Å². The van der Waals surface area contributed by atoms with E-state index in [1.807, 2.05) is 33.0 Å². The van der Waals surface area contributed by atoms with Crippen LogP contribution in [0.3, 0.4) is 0 Å². The third-order valence-electron chi connectivity index (χ3n) is 2.59. The molecule has 0 atom stereocenters. The Morgan fingerprint density at radius 3 is 2.72 bits per heavy atom. The smallest absolute Gasteiger partial charge is 0.322 e. The predicted octanol–water partition coefficient (Wildman–Crippen LogP) is 2.00. The minimum absolute atomic E-state index is 0.350. The molecule has 0 aliphatic carbocycles. The van der Waals surface area contributed by atoms with Gasteiger partial charge in [-0.15, -0.1) is 0 Å². The number of ether oxygens (including phenoxy) is 1. The normalized spacial score (nSPS) is 10.4. The number of aryl methyl sites for hydroxylation is 2. The Labute approximate surface area is 106 Å². The summed E-state index contributed by atoms with van der Waals surface area (Å²) in [5, 5.41) is 3.07. The second-order valence-corrected chi connectivity index (χ2v) is 3.98. The van der Waals surface area contributed by atoms with Crippen molar-refractivity contribution in [2.75, 3.05) is 7.05 Å². The molecule has 5 heteroatoms. The molecule has 0 radical (unpaired) electrons. The van der Waals surface area contributed by atoms with Gasteiger partial charge in [0, 0.05) is 30.2 Å². The van der Waals surface area contributed by atoms with Crippen LogP contribution >= 0.6 is 0 Å². The fourth-order valence-electron chi connectivity index (χ4n) is 1.56. The first-order valence-electron chi connectivity index (χ1n) is 5.77. The van der Waals surface area contributed by atoms with E-state index in [0.717, 1.165) is 23.5 Å². The van der Waals surface area contributed by atoms with E-state index in [4.69, 9.17) is 4.74 Å². The molecule has 2 aromatic rings. The van der Waals surface area contributed by atoms with Gasteiger partial charge in [-0.3, -0.25) is 4.98 Å². The SMILES string of the molecule is CNCc1cnc(Oc2cccnc2C)nc1C. The molecule has 0 aliphatic rings. The zero-order valence-electron chi connectivity index (χ0n) is 10.8. The number of nitrogens with zero attached hydrogens (tertiary/aromatic N) is 3. The minimum Gasteiger partial charge on any atom is -0.422 e. The van der Waals surface area contributed by atoms with Gasteiger partial charge < -0.3 is 10.1 Å². The van der Waals surface area contributed by atoms with Gasteiger partial charge in [0.2, 0.25) is 0 Å². The van der Waals surface area contributed by atoms with Crippen LogP contribution in [0.1, 0.15) is 17.0 Å². The molecule has 1 N–H and O–H groups in total. The van der Waals surface area contributed by atoms with Gasteiger partial charge in [-0.25, -0.2) is 4.98 Å². The van der Waals surface area contributed by atoms with Crippen molar-refractivity contribution in [3.63, 3.8) is 0 Å². The molecule has 0 aromatic carbocycles. The van der Waals surface area contributed by atoms with E-state index in [2.05, 4.69) is 20.3 Å². The number of hydrogen-bond acceptors (Lipinski definition) is 5. The van der Waals surface area contributed by atoms with Crippen LogP contribution in [0, 0.1) is 13.8 Å². The maximum atomic E-state index is 5.62. The Morgan fingerprint density at radius 1 is 1.22 bits per heavy atom. The standard InChI is InChI=1S/C13H16N4O/c1-9-11(7-14-3)8-16-13(17-9)18-12-5-4-6-15-10(12)2/h4-6,8,14H,7H2,1-3H3. The summed E-state index contributed by atoms with van der Waals surface area (Å²) >= 11 is 0. The fraction of sp³-hybridized carbons (Fsp3) is 0.308. The van der Waals surface area contributed by atoms with Gasteiger partial charge in [-0.05, 0) is 33.0 Å². The van der Waals surface area contributed by atoms with Crippen LogP contribution in [-0.4, -0.2) is 22.0 Å². The Hall–Kier alpha value is -2.01. The van der Waals surface area contributed by atoms with Gasteiger partial charge in [0.05, 0.1) is 5.69 Å². The lowest BCUT2D eigenvalue weighted by Crippen LogP contribution is -2.08. The molecule has 2 aromatic heterocycles. The van der Waals surface area contributed by atoms with Gasteiger partial charge in [-0.2, -0.15) is 4.98 Å². The highest BCUT2D eigenvalue weighted by atomic mass is 16.5. The molecule has 0 unspecified atom stereocenters. The van der Waals surface area contributed by atoms with Crippen LogP contribution in [0.5, 0.6) is 11.8 Å². The summed E-state index contributed by atoms with van der Waals surface area (Å²) in [5.41, 5.74) is 2.79. The summed E-state index contributed by atoms with van der Waals surface area (Å²) in [6.45, 7) is 4.58. The van der Waals surface area contributed by atoms with Gasteiger partial charge in [-0.1, -0.05) is 0 Å². The maximum Gasteiger partial charge on any atom is 0.322 e. The number of nitrogens with one attached hydrogen (secondary N) is 1. The van der Waals surface area contributed by atoms with Crippen LogP contribution in [0.4, 0.5) is 0 Å². The Morgan fingerprint density at radius 2 is 2.06 bits per heavy atom. The molecule has 2 heterocycles. The van der Waals surface area contributed by atoms with Crippen molar-refractivity contribution < 1.29 is 4.74 Å². The molecule has 0 aliphatic heterocycles. The molecule has 0 bridgehead atoms. The van der Waals surface area contributed by atoms with Crippen LogP contribution in [0.25, 0.3) is 0 Å². The molecule has 5 nitrogen and oxygen atoms in total. The summed E-state index contributed by atoms with van der Waals surface area (Å²) in [4.78, 5) is 12.7. The third-order valence-corrected chi connectivity index (χ3v) is 2.59. The second kappa shape index (κ2) is 5.55. The van der Waals surface area contributed by atoms with Crippen molar-refractivity contribution in [3.05, 3.63) is 41.5 Å². The monoisotopic (exact) mass is 244 g/mol. The largest absolute Gasteiger partial charge is 0.422 e. The summed E-state index contributed by atoms with van der Waals surface area (Å²) in [5.74, 6) is 0.679. The highest BCUT2D eigenvalue weighted by Gasteiger charge is 2.06. The van der Waals surface area contributed by atoms with E-state index < -0.39 is 0 Å². The Kier molecular flexibility index (Phi) is 3.84.